The van der Waals surface area contributed by atoms with E-state index in [4.69, 9.17) is 0 Å². The highest BCUT2D eigenvalue weighted by Crippen LogP contribution is 2.33. The first-order valence-electron chi connectivity index (χ1n) is 7.91. The Morgan fingerprint density at radius 1 is 1.25 bits per heavy atom. The summed E-state index contributed by atoms with van der Waals surface area (Å²) in [5, 5.41) is 9.26. The van der Waals surface area contributed by atoms with E-state index in [0.717, 1.165) is 0 Å². The van der Waals surface area contributed by atoms with Crippen LogP contribution in [0.4, 0.5) is 10.1 Å². The lowest BCUT2D eigenvalue weighted by Gasteiger charge is -2.22. The number of benzene rings is 1. The molecule has 2 heterocycles. The number of rotatable bonds is 3. The molecule has 2 unspecified atom stereocenters. The van der Waals surface area contributed by atoms with E-state index in [1.807, 2.05) is 0 Å². The molecule has 2 amide bonds. The van der Waals surface area contributed by atoms with E-state index in [-0.39, 0.29) is 24.2 Å². The number of hydrogen-bond donors (Lipinski definition) is 1. The van der Waals surface area contributed by atoms with Gasteiger partial charge in [-0.3, -0.25) is 14.4 Å². The second-order valence-corrected chi connectivity index (χ2v) is 6.68. The van der Waals surface area contributed by atoms with Gasteiger partial charge in [0.1, 0.15) is 11.7 Å². The molecule has 1 N–H and O–H groups in total. The minimum Gasteiger partial charge on any atom is -0.481 e. The van der Waals surface area contributed by atoms with Crippen molar-refractivity contribution in [3.05, 3.63) is 30.1 Å². The van der Waals surface area contributed by atoms with Gasteiger partial charge >= 0.3 is 5.97 Å². The molecule has 2 aliphatic rings. The number of aliphatic carboxylic acids is 1. The summed E-state index contributed by atoms with van der Waals surface area (Å²) >= 11 is 0. The van der Waals surface area contributed by atoms with Crippen LogP contribution in [0.1, 0.15) is 19.8 Å². The Morgan fingerprint density at radius 2 is 1.92 bits per heavy atom. The van der Waals surface area contributed by atoms with E-state index in [0.29, 0.717) is 31.6 Å². The minimum atomic E-state index is -0.950. The van der Waals surface area contributed by atoms with Crippen LogP contribution in [0.3, 0.4) is 0 Å². The average Bonchev–Trinajstić information content (AvgIpc) is 3.12. The Balaban J connectivity index is 1.70. The highest BCUT2D eigenvalue weighted by atomic mass is 19.1. The molecule has 6 nitrogen and oxygen atoms in total. The summed E-state index contributed by atoms with van der Waals surface area (Å²) in [7, 11) is 0. The summed E-state index contributed by atoms with van der Waals surface area (Å²) in [6.45, 7) is 2.48. The standard InChI is InChI=1S/C17H19FN2O4/c1-17(16(23)24)7-9-19(10-17)14(21)13-6-8-20(15(13)22)12-4-2-11(18)3-5-12/h2-5,13H,6-10H2,1H3,(H,23,24). The Morgan fingerprint density at radius 3 is 2.50 bits per heavy atom. The van der Waals surface area contributed by atoms with Crippen molar-refractivity contribution in [3.63, 3.8) is 0 Å². The molecule has 2 saturated heterocycles. The van der Waals surface area contributed by atoms with E-state index in [2.05, 4.69) is 0 Å². The van der Waals surface area contributed by atoms with E-state index < -0.39 is 17.3 Å². The first kappa shape index (κ1) is 16.4. The van der Waals surface area contributed by atoms with Crippen LogP contribution in [0.2, 0.25) is 0 Å². The molecule has 0 spiro atoms. The van der Waals surface area contributed by atoms with Gasteiger partial charge in [-0.1, -0.05) is 0 Å². The summed E-state index contributed by atoms with van der Waals surface area (Å²) in [6, 6.07) is 5.57. The maximum Gasteiger partial charge on any atom is 0.311 e. The van der Waals surface area contributed by atoms with Crippen molar-refractivity contribution in [3.8, 4) is 0 Å². The molecule has 0 aliphatic carbocycles. The fourth-order valence-electron chi connectivity index (χ4n) is 3.33. The van der Waals surface area contributed by atoms with Gasteiger partial charge < -0.3 is 14.9 Å². The SMILES string of the molecule is CC1(C(=O)O)CCN(C(=O)C2CCN(c3ccc(F)cc3)C2=O)C1. The zero-order valence-electron chi connectivity index (χ0n) is 13.4. The Bertz CT molecular complexity index is 690. The van der Waals surface area contributed by atoms with Crippen LogP contribution in [0, 0.1) is 17.2 Å². The van der Waals surface area contributed by atoms with Crippen molar-refractivity contribution in [1.82, 2.24) is 4.90 Å². The zero-order chi connectivity index (χ0) is 17.5. The number of hydrogen-bond acceptors (Lipinski definition) is 3. The third kappa shape index (κ3) is 2.74. The maximum atomic E-state index is 13.0. The van der Waals surface area contributed by atoms with Crippen molar-refractivity contribution in [2.75, 3.05) is 24.5 Å². The van der Waals surface area contributed by atoms with Crippen LogP contribution in [-0.4, -0.2) is 47.4 Å². The number of carbonyl (C=O) groups is 3. The van der Waals surface area contributed by atoms with Crippen LogP contribution < -0.4 is 4.90 Å². The smallest absolute Gasteiger partial charge is 0.311 e. The molecule has 7 heteroatoms. The van der Waals surface area contributed by atoms with E-state index in [9.17, 15) is 23.9 Å². The van der Waals surface area contributed by atoms with Gasteiger partial charge in [-0.2, -0.15) is 0 Å². The third-order valence-electron chi connectivity index (χ3n) is 4.94. The summed E-state index contributed by atoms with van der Waals surface area (Å²) in [4.78, 5) is 39.4. The van der Waals surface area contributed by atoms with Crippen LogP contribution in [0.15, 0.2) is 24.3 Å². The molecule has 3 rings (SSSR count). The van der Waals surface area contributed by atoms with Crippen LogP contribution in [-0.2, 0) is 14.4 Å². The van der Waals surface area contributed by atoms with Gasteiger partial charge in [0, 0.05) is 25.3 Å². The number of carboxylic acid groups (broad SMARTS) is 1. The molecule has 1 aromatic rings. The Hall–Kier alpha value is -2.44. The van der Waals surface area contributed by atoms with Crippen molar-refractivity contribution >= 4 is 23.5 Å². The summed E-state index contributed by atoms with van der Waals surface area (Å²) in [5.74, 6) is -2.72. The van der Waals surface area contributed by atoms with Crippen LogP contribution in [0.25, 0.3) is 0 Å². The molecule has 1 aromatic carbocycles. The summed E-state index contributed by atoms with van der Waals surface area (Å²) in [6.07, 6.45) is 0.770. The quantitative estimate of drug-likeness (QED) is 0.850. The van der Waals surface area contributed by atoms with Crippen molar-refractivity contribution < 1.29 is 23.9 Å². The second-order valence-electron chi connectivity index (χ2n) is 6.68. The molecule has 0 radical (unpaired) electrons. The molecule has 2 fully saturated rings. The predicted molar refractivity (Wildman–Crippen MR) is 83.8 cm³/mol. The second kappa shape index (κ2) is 5.89. The van der Waals surface area contributed by atoms with Crippen LogP contribution in [0.5, 0.6) is 0 Å². The van der Waals surface area contributed by atoms with Gasteiger partial charge in [0.25, 0.3) is 0 Å². The first-order valence-corrected chi connectivity index (χ1v) is 7.91. The number of anilines is 1. The lowest BCUT2D eigenvalue weighted by Crippen LogP contribution is -2.41. The molecule has 0 aromatic heterocycles. The number of nitrogens with zero attached hydrogens (tertiary/aromatic N) is 2. The molecular formula is C17H19FN2O4. The molecular weight excluding hydrogens is 315 g/mol. The molecule has 24 heavy (non-hydrogen) atoms. The summed E-state index contributed by atoms with van der Waals surface area (Å²) in [5.41, 5.74) is -0.387. The number of likely N-dealkylation sites (tertiary alicyclic amines) is 1. The van der Waals surface area contributed by atoms with E-state index in [1.54, 1.807) is 6.92 Å². The Kier molecular flexibility index (Phi) is 4.03. The van der Waals surface area contributed by atoms with Crippen molar-refractivity contribution in [1.29, 1.82) is 0 Å². The largest absolute Gasteiger partial charge is 0.481 e. The van der Waals surface area contributed by atoms with Gasteiger partial charge in [0.15, 0.2) is 0 Å². The fourth-order valence-corrected chi connectivity index (χ4v) is 3.33. The van der Waals surface area contributed by atoms with Crippen molar-refractivity contribution in [2.45, 2.75) is 19.8 Å². The van der Waals surface area contributed by atoms with E-state index in [1.165, 1.54) is 34.1 Å². The van der Waals surface area contributed by atoms with Crippen molar-refractivity contribution in [2.24, 2.45) is 11.3 Å². The Labute approximate surface area is 138 Å². The average molecular weight is 334 g/mol. The molecule has 2 aliphatic heterocycles. The number of carboxylic acids is 1. The molecule has 2 atom stereocenters. The molecule has 128 valence electrons. The van der Waals surface area contributed by atoms with E-state index >= 15 is 0 Å². The van der Waals surface area contributed by atoms with Gasteiger partial charge in [-0.05, 0) is 44.0 Å². The monoisotopic (exact) mass is 334 g/mol. The van der Waals surface area contributed by atoms with Crippen LogP contribution >= 0.6 is 0 Å². The normalized spacial score (nSPS) is 26.9. The minimum absolute atomic E-state index is 0.126. The molecule has 0 bridgehead atoms. The molecule has 0 saturated carbocycles. The number of halogens is 1. The lowest BCUT2D eigenvalue weighted by atomic mass is 9.90. The zero-order valence-corrected chi connectivity index (χ0v) is 13.4. The predicted octanol–water partition coefficient (Wildman–Crippen LogP) is 1.50. The lowest BCUT2D eigenvalue weighted by molar-refractivity contribution is -0.147. The van der Waals surface area contributed by atoms with Gasteiger partial charge in [-0.25, -0.2) is 4.39 Å². The first-order chi connectivity index (χ1) is 11.3. The number of amides is 2. The summed E-state index contributed by atoms with van der Waals surface area (Å²) < 4.78 is 13.0. The fraction of sp³-hybridized carbons (Fsp3) is 0.471. The van der Waals surface area contributed by atoms with Gasteiger partial charge in [0.2, 0.25) is 11.8 Å². The maximum absolute atomic E-state index is 13.0. The third-order valence-corrected chi connectivity index (χ3v) is 4.94. The number of carbonyl (C=O) groups excluding carboxylic acids is 2. The van der Waals surface area contributed by atoms with Gasteiger partial charge in [-0.15, -0.1) is 0 Å². The topological polar surface area (TPSA) is 77.9 Å². The van der Waals surface area contributed by atoms with Gasteiger partial charge in [0.05, 0.1) is 5.41 Å². The highest BCUT2D eigenvalue weighted by Gasteiger charge is 2.46. The highest BCUT2D eigenvalue weighted by molar-refractivity contribution is 6.09.